The zero-order valence-corrected chi connectivity index (χ0v) is 18.6. The first-order valence-electron chi connectivity index (χ1n) is 10.9. The minimum absolute atomic E-state index is 0.0163. The Kier molecular flexibility index (Phi) is 6.86. The van der Waals surface area contributed by atoms with Crippen molar-refractivity contribution < 1.29 is 27.6 Å². The van der Waals surface area contributed by atoms with Gasteiger partial charge in [-0.1, -0.05) is 26.8 Å². The standard InChI is InChI=1S/C23H30F3N3O3/c1-22(2,3)16-5-4-15(11-17(16)24)28-21(32)19(13-6-8-23(25,26)9-7-13)29-20(31)14-10-18(30)27-12-14/h4-5,11,13-14,19H,6-10,12H2,1-3H3,(H,27,30)(H,28,32)(H,29,31)/t14?,19-/m1/s1. The molecule has 2 atom stereocenters. The normalized spacial score (nSPS) is 22.2. The van der Waals surface area contributed by atoms with Crippen molar-refractivity contribution in [2.75, 3.05) is 11.9 Å². The van der Waals surface area contributed by atoms with Gasteiger partial charge >= 0.3 is 0 Å². The molecular formula is C23H30F3N3O3. The summed E-state index contributed by atoms with van der Waals surface area (Å²) in [7, 11) is 0. The highest BCUT2D eigenvalue weighted by Gasteiger charge is 2.41. The van der Waals surface area contributed by atoms with Crippen LogP contribution in [-0.2, 0) is 19.8 Å². The molecule has 1 saturated carbocycles. The van der Waals surface area contributed by atoms with Crippen LogP contribution < -0.4 is 16.0 Å². The fourth-order valence-corrected chi connectivity index (χ4v) is 4.28. The van der Waals surface area contributed by atoms with Gasteiger partial charge in [-0.05, 0) is 41.9 Å². The Balaban J connectivity index is 1.76. The number of hydrogen-bond acceptors (Lipinski definition) is 3. The van der Waals surface area contributed by atoms with Crippen molar-refractivity contribution in [3.8, 4) is 0 Å². The average molecular weight is 454 g/mol. The van der Waals surface area contributed by atoms with Crippen LogP contribution in [0, 0.1) is 17.7 Å². The van der Waals surface area contributed by atoms with Crippen molar-refractivity contribution in [1.29, 1.82) is 0 Å². The molecule has 3 rings (SSSR count). The molecule has 1 saturated heterocycles. The van der Waals surface area contributed by atoms with Crippen molar-refractivity contribution in [1.82, 2.24) is 10.6 Å². The van der Waals surface area contributed by atoms with Gasteiger partial charge in [-0.3, -0.25) is 14.4 Å². The molecule has 176 valence electrons. The second kappa shape index (κ2) is 9.11. The third kappa shape index (κ3) is 5.81. The first kappa shape index (κ1) is 24.1. The Morgan fingerprint density at radius 3 is 2.38 bits per heavy atom. The topological polar surface area (TPSA) is 87.3 Å². The minimum atomic E-state index is -2.78. The maximum Gasteiger partial charge on any atom is 0.248 e. The van der Waals surface area contributed by atoms with Crippen LogP contribution in [0.3, 0.4) is 0 Å². The molecule has 3 amide bonds. The number of benzene rings is 1. The van der Waals surface area contributed by atoms with Gasteiger partial charge in [0.25, 0.3) is 0 Å². The molecule has 2 fully saturated rings. The van der Waals surface area contributed by atoms with Crippen molar-refractivity contribution >= 4 is 23.4 Å². The molecular weight excluding hydrogens is 423 g/mol. The first-order chi connectivity index (χ1) is 14.9. The van der Waals surface area contributed by atoms with Crippen LogP contribution in [0.4, 0.5) is 18.9 Å². The molecule has 32 heavy (non-hydrogen) atoms. The molecule has 9 heteroatoms. The lowest BCUT2D eigenvalue weighted by Gasteiger charge is -2.33. The largest absolute Gasteiger partial charge is 0.355 e. The predicted molar refractivity (Wildman–Crippen MR) is 114 cm³/mol. The second-order valence-electron chi connectivity index (χ2n) is 9.82. The first-order valence-corrected chi connectivity index (χ1v) is 10.9. The van der Waals surface area contributed by atoms with E-state index in [0.29, 0.717) is 5.56 Å². The van der Waals surface area contributed by atoms with E-state index in [4.69, 9.17) is 0 Å². The van der Waals surface area contributed by atoms with E-state index in [9.17, 15) is 27.6 Å². The Hall–Kier alpha value is -2.58. The summed E-state index contributed by atoms with van der Waals surface area (Å²) in [5.74, 6) is -5.67. The van der Waals surface area contributed by atoms with Gasteiger partial charge in [0.2, 0.25) is 23.6 Å². The van der Waals surface area contributed by atoms with Crippen LogP contribution in [0.25, 0.3) is 0 Å². The zero-order valence-electron chi connectivity index (χ0n) is 18.6. The lowest BCUT2D eigenvalue weighted by molar-refractivity contribution is -0.131. The van der Waals surface area contributed by atoms with Gasteiger partial charge in [0.15, 0.2) is 0 Å². The van der Waals surface area contributed by atoms with Crippen LogP contribution in [0.15, 0.2) is 18.2 Å². The summed E-state index contributed by atoms with van der Waals surface area (Å²) in [6.07, 6.45) is -0.567. The van der Waals surface area contributed by atoms with E-state index in [2.05, 4.69) is 16.0 Å². The second-order valence-corrected chi connectivity index (χ2v) is 9.82. The summed E-state index contributed by atoms with van der Waals surface area (Å²) in [5.41, 5.74) is 0.301. The van der Waals surface area contributed by atoms with Gasteiger partial charge in [0.1, 0.15) is 11.9 Å². The highest BCUT2D eigenvalue weighted by Crippen LogP contribution is 2.38. The third-order valence-corrected chi connectivity index (χ3v) is 6.21. The van der Waals surface area contributed by atoms with E-state index >= 15 is 0 Å². The van der Waals surface area contributed by atoms with Crippen LogP contribution in [0.1, 0.15) is 58.4 Å². The third-order valence-electron chi connectivity index (χ3n) is 6.21. The number of halogens is 3. The summed E-state index contributed by atoms with van der Waals surface area (Å²) in [5, 5.41) is 7.85. The van der Waals surface area contributed by atoms with Crippen LogP contribution in [0.5, 0.6) is 0 Å². The molecule has 1 unspecified atom stereocenters. The fourth-order valence-electron chi connectivity index (χ4n) is 4.28. The zero-order chi connectivity index (χ0) is 23.7. The van der Waals surface area contributed by atoms with Gasteiger partial charge < -0.3 is 16.0 Å². The van der Waals surface area contributed by atoms with Gasteiger partial charge in [-0.25, -0.2) is 13.2 Å². The average Bonchev–Trinajstić information content (AvgIpc) is 3.12. The quantitative estimate of drug-likeness (QED) is 0.638. The minimum Gasteiger partial charge on any atom is -0.355 e. The van der Waals surface area contributed by atoms with E-state index in [1.54, 1.807) is 12.1 Å². The Labute approximate surface area is 185 Å². The van der Waals surface area contributed by atoms with Crippen molar-refractivity contribution in [2.45, 2.75) is 70.3 Å². The summed E-state index contributed by atoms with van der Waals surface area (Å²) in [6.45, 7) is 5.78. The van der Waals surface area contributed by atoms with Gasteiger partial charge in [-0.15, -0.1) is 0 Å². The molecule has 0 aromatic heterocycles. The molecule has 1 aromatic carbocycles. The molecule has 3 N–H and O–H groups in total. The van der Waals surface area contributed by atoms with E-state index in [-0.39, 0.29) is 50.2 Å². The van der Waals surface area contributed by atoms with Gasteiger partial charge in [0.05, 0.1) is 5.92 Å². The number of amides is 3. The Bertz CT molecular complexity index is 888. The number of carbonyl (C=O) groups excluding carboxylic acids is 3. The number of carbonyl (C=O) groups is 3. The summed E-state index contributed by atoms with van der Waals surface area (Å²) < 4.78 is 41.8. The van der Waals surface area contributed by atoms with E-state index in [1.807, 2.05) is 20.8 Å². The predicted octanol–water partition coefficient (Wildman–Crippen LogP) is 3.51. The molecule has 0 radical (unpaired) electrons. The van der Waals surface area contributed by atoms with Crippen molar-refractivity contribution in [2.24, 2.45) is 11.8 Å². The highest BCUT2D eigenvalue weighted by atomic mass is 19.3. The summed E-state index contributed by atoms with van der Waals surface area (Å²) >= 11 is 0. The van der Waals surface area contributed by atoms with Crippen LogP contribution in [-0.4, -0.2) is 36.2 Å². The number of alkyl halides is 2. The molecule has 1 aliphatic carbocycles. The lowest BCUT2D eigenvalue weighted by atomic mass is 9.81. The number of nitrogens with one attached hydrogen (secondary N) is 3. The van der Waals surface area contributed by atoms with Gasteiger partial charge in [0, 0.05) is 31.5 Å². The van der Waals surface area contributed by atoms with E-state index in [1.165, 1.54) is 6.07 Å². The van der Waals surface area contributed by atoms with Gasteiger partial charge in [-0.2, -0.15) is 0 Å². The summed E-state index contributed by atoms with van der Waals surface area (Å²) in [6, 6.07) is 3.33. The SMILES string of the molecule is CC(C)(C)c1ccc(NC(=O)[C@H](NC(=O)C2CNC(=O)C2)C2CCC(F)(F)CC2)cc1F. The van der Waals surface area contributed by atoms with Crippen LogP contribution >= 0.6 is 0 Å². The maximum absolute atomic E-state index is 14.5. The highest BCUT2D eigenvalue weighted by molar-refractivity contribution is 5.98. The smallest absolute Gasteiger partial charge is 0.248 e. The Morgan fingerprint density at radius 1 is 1.19 bits per heavy atom. The number of anilines is 1. The monoisotopic (exact) mass is 453 g/mol. The number of hydrogen-bond donors (Lipinski definition) is 3. The fraction of sp³-hybridized carbons (Fsp3) is 0.609. The number of rotatable bonds is 5. The molecule has 0 spiro atoms. The molecule has 6 nitrogen and oxygen atoms in total. The molecule has 2 aliphatic rings. The van der Waals surface area contributed by atoms with E-state index < -0.39 is 46.8 Å². The van der Waals surface area contributed by atoms with Crippen molar-refractivity contribution in [3.63, 3.8) is 0 Å². The van der Waals surface area contributed by atoms with Crippen molar-refractivity contribution in [3.05, 3.63) is 29.6 Å². The van der Waals surface area contributed by atoms with Crippen LogP contribution in [0.2, 0.25) is 0 Å². The Morgan fingerprint density at radius 2 is 1.84 bits per heavy atom. The van der Waals surface area contributed by atoms with E-state index in [0.717, 1.165) is 0 Å². The summed E-state index contributed by atoms with van der Waals surface area (Å²) in [4.78, 5) is 37.1. The lowest BCUT2D eigenvalue weighted by Crippen LogP contribution is -2.51. The molecule has 1 aromatic rings. The molecule has 1 heterocycles. The maximum atomic E-state index is 14.5. The molecule has 1 aliphatic heterocycles. The molecule has 0 bridgehead atoms.